The summed E-state index contributed by atoms with van der Waals surface area (Å²) in [5.74, 6) is 0.625. The lowest BCUT2D eigenvalue weighted by molar-refractivity contribution is 0.0142. The summed E-state index contributed by atoms with van der Waals surface area (Å²) >= 11 is 0. The van der Waals surface area contributed by atoms with Gasteiger partial charge in [-0.15, -0.1) is 0 Å². The summed E-state index contributed by atoms with van der Waals surface area (Å²) in [6.45, 7) is 7.71. The molecule has 2 aromatic rings. The van der Waals surface area contributed by atoms with E-state index in [0.29, 0.717) is 5.56 Å². The number of pyridine rings is 1. The number of carbonyl (C=O) groups excluding carboxylic acids is 1. The van der Waals surface area contributed by atoms with E-state index >= 15 is 0 Å². The minimum absolute atomic E-state index is 0.0561. The van der Waals surface area contributed by atoms with Gasteiger partial charge in [-0.25, -0.2) is 4.98 Å². The van der Waals surface area contributed by atoms with Crippen LogP contribution in [0.15, 0.2) is 30.3 Å². The van der Waals surface area contributed by atoms with Crippen molar-refractivity contribution in [3.8, 4) is 0 Å². The molecule has 1 aromatic heterocycles. The van der Waals surface area contributed by atoms with Crippen LogP contribution < -0.4 is 10.2 Å². The van der Waals surface area contributed by atoms with E-state index in [1.807, 2.05) is 44.2 Å². The average Bonchev–Trinajstić information content (AvgIpc) is 3.13. The van der Waals surface area contributed by atoms with Crippen molar-refractivity contribution in [2.24, 2.45) is 5.92 Å². The van der Waals surface area contributed by atoms with Gasteiger partial charge in [0.15, 0.2) is 0 Å². The SMILES string of the molecule is CC(C)C(C)(O)CNC(=O)c1cc2ccccc2nc1N1CCCC1. The zero-order valence-corrected chi connectivity index (χ0v) is 15.2. The molecule has 2 N–H and O–H groups in total. The Morgan fingerprint density at radius 2 is 2.00 bits per heavy atom. The summed E-state index contributed by atoms with van der Waals surface area (Å²) in [6, 6.07) is 9.76. The van der Waals surface area contributed by atoms with E-state index in [4.69, 9.17) is 4.98 Å². The van der Waals surface area contributed by atoms with Crippen LogP contribution in [0.5, 0.6) is 0 Å². The monoisotopic (exact) mass is 341 g/mol. The van der Waals surface area contributed by atoms with E-state index in [2.05, 4.69) is 10.2 Å². The number of hydrogen-bond acceptors (Lipinski definition) is 4. The van der Waals surface area contributed by atoms with Crippen molar-refractivity contribution in [3.63, 3.8) is 0 Å². The van der Waals surface area contributed by atoms with Crippen molar-refractivity contribution in [2.75, 3.05) is 24.5 Å². The Bertz CT molecular complexity index is 765. The van der Waals surface area contributed by atoms with E-state index in [9.17, 15) is 9.90 Å². The van der Waals surface area contributed by atoms with Crippen LogP contribution in [0.2, 0.25) is 0 Å². The highest BCUT2D eigenvalue weighted by Gasteiger charge is 2.27. The zero-order valence-electron chi connectivity index (χ0n) is 15.2. The highest BCUT2D eigenvalue weighted by atomic mass is 16.3. The molecule has 5 nitrogen and oxygen atoms in total. The molecule has 1 aromatic carbocycles. The van der Waals surface area contributed by atoms with Gasteiger partial charge in [0.25, 0.3) is 5.91 Å². The maximum absolute atomic E-state index is 12.8. The molecule has 0 saturated carbocycles. The second kappa shape index (κ2) is 7.00. The van der Waals surface area contributed by atoms with Crippen molar-refractivity contribution >= 4 is 22.6 Å². The number of aromatic nitrogens is 1. The number of hydrogen-bond donors (Lipinski definition) is 2. The van der Waals surface area contributed by atoms with Crippen molar-refractivity contribution in [3.05, 3.63) is 35.9 Å². The van der Waals surface area contributed by atoms with Gasteiger partial charge >= 0.3 is 0 Å². The lowest BCUT2D eigenvalue weighted by Gasteiger charge is -2.28. The number of nitrogens with zero attached hydrogens (tertiary/aromatic N) is 2. The third-order valence-corrected chi connectivity index (χ3v) is 5.20. The molecule has 1 aliphatic heterocycles. The minimum atomic E-state index is -0.937. The zero-order chi connectivity index (χ0) is 18.0. The topological polar surface area (TPSA) is 65.5 Å². The molecule has 0 bridgehead atoms. The summed E-state index contributed by atoms with van der Waals surface area (Å²) in [5.41, 5.74) is 0.545. The predicted octanol–water partition coefficient (Wildman–Crippen LogP) is 2.97. The van der Waals surface area contributed by atoms with Gasteiger partial charge in [0.05, 0.1) is 16.7 Å². The maximum atomic E-state index is 12.8. The van der Waals surface area contributed by atoms with Gasteiger partial charge in [-0.1, -0.05) is 32.0 Å². The highest BCUT2D eigenvalue weighted by molar-refractivity contribution is 6.02. The van der Waals surface area contributed by atoms with Crippen LogP contribution in [0.25, 0.3) is 10.9 Å². The molecule has 1 aliphatic rings. The second-order valence-corrected chi connectivity index (χ2v) is 7.44. The van der Waals surface area contributed by atoms with Crippen LogP contribution in [0.1, 0.15) is 44.0 Å². The summed E-state index contributed by atoms with van der Waals surface area (Å²) < 4.78 is 0. The molecule has 1 amide bonds. The Morgan fingerprint density at radius 1 is 1.32 bits per heavy atom. The van der Waals surface area contributed by atoms with E-state index in [1.54, 1.807) is 6.92 Å². The molecular weight excluding hydrogens is 314 g/mol. The standard InChI is InChI=1S/C20H27N3O2/c1-14(2)20(3,25)13-21-19(24)16-12-15-8-4-5-9-17(15)22-18(16)23-10-6-7-11-23/h4-5,8-9,12,14,25H,6-7,10-11,13H2,1-3H3,(H,21,24). The van der Waals surface area contributed by atoms with Gasteiger partial charge in [0.2, 0.25) is 0 Å². The van der Waals surface area contributed by atoms with Crippen molar-refractivity contribution in [2.45, 2.75) is 39.2 Å². The van der Waals surface area contributed by atoms with E-state index in [0.717, 1.165) is 42.7 Å². The number of fused-ring (bicyclic) bond motifs is 1. The fraction of sp³-hybridized carbons (Fsp3) is 0.500. The van der Waals surface area contributed by atoms with E-state index in [1.165, 1.54) is 0 Å². The van der Waals surface area contributed by atoms with Gasteiger partial charge < -0.3 is 15.3 Å². The number of benzene rings is 1. The number of nitrogens with one attached hydrogen (secondary N) is 1. The molecule has 1 saturated heterocycles. The number of aliphatic hydroxyl groups is 1. The molecule has 25 heavy (non-hydrogen) atoms. The quantitative estimate of drug-likeness (QED) is 0.877. The van der Waals surface area contributed by atoms with Crippen molar-refractivity contribution < 1.29 is 9.90 Å². The van der Waals surface area contributed by atoms with Crippen LogP contribution in [0.3, 0.4) is 0 Å². The van der Waals surface area contributed by atoms with Crippen LogP contribution in [0.4, 0.5) is 5.82 Å². The van der Waals surface area contributed by atoms with Crippen molar-refractivity contribution in [1.82, 2.24) is 10.3 Å². The van der Waals surface area contributed by atoms with E-state index in [-0.39, 0.29) is 18.4 Å². The van der Waals surface area contributed by atoms with Gasteiger partial charge in [0.1, 0.15) is 5.82 Å². The molecular formula is C20H27N3O2. The van der Waals surface area contributed by atoms with Gasteiger partial charge in [0, 0.05) is 25.0 Å². The lowest BCUT2D eigenvalue weighted by atomic mass is 9.92. The average molecular weight is 341 g/mol. The number of amides is 1. The number of rotatable bonds is 5. The fourth-order valence-corrected chi connectivity index (χ4v) is 3.00. The molecule has 0 radical (unpaired) electrons. The molecule has 2 heterocycles. The number of para-hydroxylation sites is 1. The first-order chi connectivity index (χ1) is 11.9. The third-order valence-electron chi connectivity index (χ3n) is 5.20. The van der Waals surface area contributed by atoms with Crippen LogP contribution >= 0.6 is 0 Å². The molecule has 1 fully saturated rings. The molecule has 134 valence electrons. The number of anilines is 1. The molecule has 3 rings (SSSR count). The lowest BCUT2D eigenvalue weighted by Crippen LogP contribution is -2.44. The Labute approximate surface area is 149 Å². The summed E-state index contributed by atoms with van der Waals surface area (Å²) in [6.07, 6.45) is 2.25. The summed E-state index contributed by atoms with van der Waals surface area (Å²) in [7, 11) is 0. The third kappa shape index (κ3) is 3.76. The van der Waals surface area contributed by atoms with Crippen LogP contribution in [-0.4, -0.2) is 41.2 Å². The summed E-state index contributed by atoms with van der Waals surface area (Å²) in [4.78, 5) is 19.8. The Hall–Kier alpha value is -2.14. The maximum Gasteiger partial charge on any atom is 0.255 e. The summed E-state index contributed by atoms with van der Waals surface area (Å²) in [5, 5.41) is 14.2. The Balaban J connectivity index is 1.92. The predicted molar refractivity (Wildman–Crippen MR) is 101 cm³/mol. The van der Waals surface area contributed by atoms with Gasteiger partial charge in [-0.3, -0.25) is 4.79 Å². The van der Waals surface area contributed by atoms with Crippen molar-refractivity contribution in [1.29, 1.82) is 0 Å². The second-order valence-electron chi connectivity index (χ2n) is 7.44. The fourth-order valence-electron chi connectivity index (χ4n) is 3.00. The normalized spacial score (nSPS) is 17.1. The largest absolute Gasteiger partial charge is 0.388 e. The van der Waals surface area contributed by atoms with Gasteiger partial charge in [-0.2, -0.15) is 0 Å². The highest BCUT2D eigenvalue weighted by Crippen LogP contribution is 2.26. The number of carbonyl (C=O) groups is 1. The first-order valence-corrected chi connectivity index (χ1v) is 9.04. The van der Waals surface area contributed by atoms with E-state index < -0.39 is 5.60 Å². The van der Waals surface area contributed by atoms with Crippen LogP contribution in [0, 0.1) is 5.92 Å². The smallest absolute Gasteiger partial charge is 0.255 e. The molecule has 0 spiro atoms. The first-order valence-electron chi connectivity index (χ1n) is 9.04. The Kier molecular flexibility index (Phi) is 4.95. The van der Waals surface area contributed by atoms with Crippen LogP contribution in [-0.2, 0) is 0 Å². The first kappa shape index (κ1) is 17.7. The molecule has 5 heteroatoms. The molecule has 0 aliphatic carbocycles. The minimum Gasteiger partial charge on any atom is -0.388 e. The molecule has 1 unspecified atom stereocenters. The van der Waals surface area contributed by atoms with Gasteiger partial charge in [-0.05, 0) is 37.8 Å². The molecule has 1 atom stereocenters. The Morgan fingerprint density at radius 3 is 2.68 bits per heavy atom.